The molecule has 1 aromatic carbocycles. The van der Waals surface area contributed by atoms with E-state index in [-0.39, 0.29) is 0 Å². The number of benzene rings is 1. The van der Waals surface area contributed by atoms with Gasteiger partial charge in [-0.3, -0.25) is 0 Å². The van der Waals surface area contributed by atoms with Gasteiger partial charge in [0.05, 0.1) is 5.69 Å². The number of nitrogen functional groups attached to an aromatic ring is 1. The number of allylic oxidation sites excluding steroid dienone is 1. The number of likely N-dealkylation sites (tertiary alicyclic amines) is 1. The van der Waals surface area contributed by atoms with Crippen LogP contribution in [0.2, 0.25) is 0 Å². The summed E-state index contributed by atoms with van der Waals surface area (Å²) in [6.07, 6.45) is 8.74. The number of rotatable bonds is 4. The molecule has 4 nitrogen and oxygen atoms in total. The van der Waals surface area contributed by atoms with E-state index in [0.717, 1.165) is 40.3 Å². The Morgan fingerprint density at radius 2 is 2.14 bits per heavy atom. The number of piperidine rings is 1. The summed E-state index contributed by atoms with van der Waals surface area (Å²) in [4.78, 5) is 2.41. The van der Waals surface area contributed by atoms with Crippen molar-refractivity contribution in [3.05, 3.63) is 29.5 Å². The summed E-state index contributed by atoms with van der Waals surface area (Å²) < 4.78 is 5.58. The molecule has 0 unspecified atom stereocenters. The van der Waals surface area contributed by atoms with Crippen LogP contribution in [0.3, 0.4) is 0 Å². The van der Waals surface area contributed by atoms with Gasteiger partial charge in [0.15, 0.2) is 5.58 Å². The second-order valence-electron chi connectivity index (χ2n) is 6.36. The highest BCUT2D eigenvalue weighted by atomic mass is 16.5. The summed E-state index contributed by atoms with van der Waals surface area (Å²) in [5.41, 5.74) is 9.61. The van der Waals surface area contributed by atoms with Crippen molar-refractivity contribution < 1.29 is 4.52 Å². The largest absolute Gasteiger partial charge is 0.398 e. The summed E-state index contributed by atoms with van der Waals surface area (Å²) in [5, 5.41) is 5.41. The fourth-order valence-corrected chi connectivity index (χ4v) is 3.30. The molecule has 0 aliphatic carbocycles. The highest BCUT2D eigenvalue weighted by Gasteiger charge is 2.18. The summed E-state index contributed by atoms with van der Waals surface area (Å²) in [6, 6.07) is 3.99. The van der Waals surface area contributed by atoms with E-state index in [4.69, 9.17) is 10.3 Å². The van der Waals surface area contributed by atoms with E-state index in [1.165, 1.54) is 32.4 Å². The molecule has 1 fully saturated rings. The average Bonchev–Trinajstić information content (AvgIpc) is 2.93. The van der Waals surface area contributed by atoms with Crippen LogP contribution in [0.4, 0.5) is 5.69 Å². The van der Waals surface area contributed by atoms with Crippen molar-refractivity contribution in [1.29, 1.82) is 0 Å². The topological polar surface area (TPSA) is 55.3 Å². The quantitative estimate of drug-likeness (QED) is 0.874. The first-order valence-electron chi connectivity index (χ1n) is 8.17. The molecule has 2 aromatic rings. The van der Waals surface area contributed by atoms with Crippen LogP contribution in [-0.4, -0.2) is 30.2 Å². The van der Waals surface area contributed by atoms with Crippen LogP contribution in [-0.2, 0) is 6.42 Å². The van der Waals surface area contributed by atoms with Crippen LogP contribution in [0.25, 0.3) is 17.0 Å². The zero-order valence-electron chi connectivity index (χ0n) is 13.5. The first-order valence-corrected chi connectivity index (χ1v) is 8.17. The number of hydrogen-bond donors (Lipinski definition) is 1. The van der Waals surface area contributed by atoms with E-state index in [0.29, 0.717) is 0 Å². The molecule has 3 rings (SSSR count). The number of aromatic nitrogens is 1. The Hall–Kier alpha value is -1.81. The standard InChI is InChI=1S/C18H25N3O/c1-3-4-14-16(19)7-6-15-17(20-22-18(14)15)8-5-13-9-11-21(2)12-10-13/h3-4,6-7,13H,5,8-12,19H2,1-2H3/b4-3+. The first kappa shape index (κ1) is 15.1. The lowest BCUT2D eigenvalue weighted by molar-refractivity contribution is 0.212. The highest BCUT2D eigenvalue weighted by Crippen LogP contribution is 2.30. The predicted molar refractivity (Wildman–Crippen MR) is 91.7 cm³/mol. The summed E-state index contributed by atoms with van der Waals surface area (Å²) in [6.45, 7) is 4.41. The van der Waals surface area contributed by atoms with Gasteiger partial charge in [-0.15, -0.1) is 0 Å². The molecule has 0 spiro atoms. The smallest absolute Gasteiger partial charge is 0.176 e. The van der Waals surface area contributed by atoms with Gasteiger partial charge in [-0.05, 0) is 70.8 Å². The molecule has 0 atom stereocenters. The maximum Gasteiger partial charge on any atom is 0.176 e. The monoisotopic (exact) mass is 299 g/mol. The third kappa shape index (κ3) is 3.02. The molecule has 0 saturated carbocycles. The summed E-state index contributed by atoms with van der Waals surface area (Å²) >= 11 is 0. The minimum absolute atomic E-state index is 0.739. The molecule has 22 heavy (non-hydrogen) atoms. The molecule has 118 valence electrons. The third-order valence-electron chi connectivity index (χ3n) is 4.75. The second kappa shape index (κ2) is 6.53. The molecule has 1 aliphatic heterocycles. The molecular weight excluding hydrogens is 274 g/mol. The van der Waals surface area contributed by atoms with Gasteiger partial charge in [0.25, 0.3) is 0 Å². The van der Waals surface area contributed by atoms with Crippen LogP contribution >= 0.6 is 0 Å². The van der Waals surface area contributed by atoms with Crippen molar-refractivity contribution in [1.82, 2.24) is 10.1 Å². The van der Waals surface area contributed by atoms with E-state index in [1.54, 1.807) is 0 Å². The molecule has 1 aromatic heterocycles. The maximum absolute atomic E-state index is 6.04. The van der Waals surface area contributed by atoms with E-state index in [1.807, 2.05) is 31.2 Å². The predicted octanol–water partition coefficient (Wildman–Crippen LogP) is 3.72. The van der Waals surface area contributed by atoms with Crippen LogP contribution in [0.5, 0.6) is 0 Å². The van der Waals surface area contributed by atoms with Crippen molar-refractivity contribution >= 4 is 22.7 Å². The Morgan fingerprint density at radius 3 is 2.86 bits per heavy atom. The van der Waals surface area contributed by atoms with Crippen LogP contribution in [0.1, 0.15) is 37.4 Å². The summed E-state index contributed by atoms with van der Waals surface area (Å²) in [5.74, 6) is 0.812. The number of anilines is 1. The van der Waals surface area contributed by atoms with Crippen LogP contribution < -0.4 is 5.73 Å². The number of nitrogens with two attached hydrogens (primary N) is 1. The van der Waals surface area contributed by atoms with Crippen molar-refractivity contribution in [3.8, 4) is 0 Å². The minimum atomic E-state index is 0.739. The molecule has 4 heteroatoms. The Morgan fingerprint density at radius 1 is 1.36 bits per heavy atom. The lowest BCUT2D eigenvalue weighted by Gasteiger charge is -2.28. The van der Waals surface area contributed by atoms with Gasteiger partial charge in [-0.2, -0.15) is 0 Å². The lowest BCUT2D eigenvalue weighted by atomic mass is 9.91. The third-order valence-corrected chi connectivity index (χ3v) is 4.75. The Kier molecular flexibility index (Phi) is 4.48. The zero-order valence-corrected chi connectivity index (χ0v) is 13.5. The molecule has 0 bridgehead atoms. The van der Waals surface area contributed by atoms with Gasteiger partial charge in [-0.1, -0.05) is 17.3 Å². The van der Waals surface area contributed by atoms with Crippen LogP contribution in [0, 0.1) is 5.92 Å². The highest BCUT2D eigenvalue weighted by molar-refractivity contribution is 5.92. The van der Waals surface area contributed by atoms with Gasteiger partial charge >= 0.3 is 0 Å². The fourth-order valence-electron chi connectivity index (χ4n) is 3.30. The first-order chi connectivity index (χ1) is 10.7. The molecular formula is C18H25N3O. The fraction of sp³-hybridized carbons (Fsp3) is 0.500. The Bertz CT molecular complexity index is 666. The van der Waals surface area contributed by atoms with Gasteiger partial charge < -0.3 is 15.2 Å². The number of hydrogen-bond acceptors (Lipinski definition) is 4. The van der Waals surface area contributed by atoms with E-state index in [2.05, 4.69) is 17.1 Å². The molecule has 2 heterocycles. The minimum Gasteiger partial charge on any atom is -0.398 e. The molecule has 1 saturated heterocycles. The van der Waals surface area contributed by atoms with Crippen molar-refractivity contribution in [3.63, 3.8) is 0 Å². The molecule has 0 amide bonds. The Labute approximate surface area is 131 Å². The lowest BCUT2D eigenvalue weighted by Crippen LogP contribution is -2.30. The van der Waals surface area contributed by atoms with Gasteiger partial charge in [0.1, 0.15) is 0 Å². The van der Waals surface area contributed by atoms with E-state index in [9.17, 15) is 0 Å². The van der Waals surface area contributed by atoms with Gasteiger partial charge in [-0.25, -0.2) is 0 Å². The zero-order chi connectivity index (χ0) is 15.5. The normalized spacial score (nSPS) is 17.7. The van der Waals surface area contributed by atoms with Crippen LogP contribution in [0.15, 0.2) is 22.7 Å². The average molecular weight is 299 g/mol. The Balaban J connectivity index is 1.76. The maximum atomic E-state index is 6.04. The number of aryl methyl sites for hydroxylation is 1. The van der Waals surface area contributed by atoms with Gasteiger partial charge in [0.2, 0.25) is 0 Å². The number of nitrogens with zero attached hydrogens (tertiary/aromatic N) is 2. The molecule has 1 aliphatic rings. The molecule has 2 N–H and O–H groups in total. The van der Waals surface area contributed by atoms with Crippen molar-refractivity contribution in [2.24, 2.45) is 5.92 Å². The van der Waals surface area contributed by atoms with E-state index >= 15 is 0 Å². The van der Waals surface area contributed by atoms with Crippen molar-refractivity contribution in [2.75, 3.05) is 25.9 Å². The SMILES string of the molecule is C/C=C/c1c(N)ccc2c(CCC3CCN(C)CC3)noc12. The summed E-state index contributed by atoms with van der Waals surface area (Å²) in [7, 11) is 2.20. The second-order valence-corrected chi connectivity index (χ2v) is 6.36. The number of fused-ring (bicyclic) bond motifs is 1. The van der Waals surface area contributed by atoms with E-state index < -0.39 is 0 Å². The van der Waals surface area contributed by atoms with Crippen molar-refractivity contribution in [2.45, 2.75) is 32.6 Å². The molecule has 0 radical (unpaired) electrons. The van der Waals surface area contributed by atoms with Gasteiger partial charge in [0, 0.05) is 16.6 Å².